The van der Waals surface area contributed by atoms with Crippen molar-refractivity contribution in [2.75, 3.05) is 5.32 Å². The molecule has 0 amide bonds. The second-order valence-electron chi connectivity index (χ2n) is 7.19. The highest BCUT2D eigenvalue weighted by Gasteiger charge is 2.25. The van der Waals surface area contributed by atoms with E-state index in [0.717, 1.165) is 34.0 Å². The maximum Gasteiger partial charge on any atom is 0.194 e. The topological polar surface area (TPSA) is 83.6 Å². The zero-order valence-corrected chi connectivity index (χ0v) is 16.9. The first-order valence-corrected chi connectivity index (χ1v) is 10.6. The molecule has 148 valence electrons. The summed E-state index contributed by atoms with van der Waals surface area (Å²) in [6.07, 6.45) is 3.27. The molecule has 5 rings (SSSR count). The van der Waals surface area contributed by atoms with E-state index >= 15 is 0 Å². The van der Waals surface area contributed by atoms with Gasteiger partial charge in [0, 0.05) is 39.8 Å². The van der Waals surface area contributed by atoms with Crippen LogP contribution in [0.1, 0.15) is 34.8 Å². The van der Waals surface area contributed by atoms with Gasteiger partial charge in [0.15, 0.2) is 11.0 Å². The number of nitrogens with one attached hydrogen (secondary N) is 2. The molecule has 0 bridgehead atoms. The standard InChI is InChI=1S/C23H19N5OS/c29-14-15-5-4-8-18(11-15)30-23-24-19(16-6-2-1-3-7-16)12-21(26-23)25-22-13-20(27-28-22)17-9-10-17/h1-8,11-14,17H,9-10H2,(H2,24,25,26,27,28). The van der Waals surface area contributed by atoms with Crippen LogP contribution in [0.15, 0.2) is 76.8 Å². The number of hydrogen-bond donors (Lipinski definition) is 2. The maximum absolute atomic E-state index is 11.1. The van der Waals surface area contributed by atoms with Crippen molar-refractivity contribution < 1.29 is 4.79 Å². The summed E-state index contributed by atoms with van der Waals surface area (Å²) in [5.74, 6) is 2.02. The van der Waals surface area contributed by atoms with Gasteiger partial charge >= 0.3 is 0 Å². The molecule has 2 heterocycles. The summed E-state index contributed by atoms with van der Waals surface area (Å²) in [6, 6.07) is 21.4. The molecule has 1 saturated carbocycles. The summed E-state index contributed by atoms with van der Waals surface area (Å²) in [5.41, 5.74) is 3.61. The number of carbonyl (C=O) groups excluding carboxylic acids is 1. The highest BCUT2D eigenvalue weighted by Crippen LogP contribution is 2.39. The van der Waals surface area contributed by atoms with Gasteiger partial charge in [-0.15, -0.1) is 0 Å². The Morgan fingerprint density at radius 3 is 2.63 bits per heavy atom. The van der Waals surface area contributed by atoms with Crippen LogP contribution in [0.3, 0.4) is 0 Å². The Bertz CT molecular complexity index is 1190. The number of aromatic nitrogens is 4. The van der Waals surface area contributed by atoms with E-state index < -0.39 is 0 Å². The molecule has 1 fully saturated rings. The first-order chi connectivity index (χ1) is 14.8. The molecule has 0 spiro atoms. The first-order valence-electron chi connectivity index (χ1n) is 9.77. The molecule has 2 aromatic carbocycles. The van der Waals surface area contributed by atoms with Gasteiger partial charge < -0.3 is 5.32 Å². The van der Waals surface area contributed by atoms with Crippen molar-refractivity contribution in [1.82, 2.24) is 20.2 Å². The maximum atomic E-state index is 11.1. The van der Waals surface area contributed by atoms with Crippen LogP contribution in [0.5, 0.6) is 0 Å². The Kier molecular flexibility index (Phi) is 5.03. The molecule has 30 heavy (non-hydrogen) atoms. The van der Waals surface area contributed by atoms with E-state index in [-0.39, 0.29) is 0 Å². The van der Waals surface area contributed by atoms with Gasteiger partial charge in [0.2, 0.25) is 0 Å². The van der Waals surface area contributed by atoms with E-state index in [4.69, 9.17) is 4.98 Å². The van der Waals surface area contributed by atoms with Crippen LogP contribution in [-0.2, 0) is 0 Å². The second-order valence-corrected chi connectivity index (χ2v) is 8.23. The van der Waals surface area contributed by atoms with Crippen LogP contribution in [0, 0.1) is 0 Å². The molecule has 0 saturated heterocycles. The molecular formula is C23H19N5OS. The van der Waals surface area contributed by atoms with E-state index in [0.29, 0.717) is 22.5 Å². The molecule has 2 N–H and O–H groups in total. The molecule has 6 nitrogen and oxygen atoms in total. The zero-order valence-electron chi connectivity index (χ0n) is 16.1. The molecular weight excluding hydrogens is 394 g/mol. The lowest BCUT2D eigenvalue weighted by atomic mass is 10.1. The number of anilines is 2. The van der Waals surface area contributed by atoms with Crippen molar-refractivity contribution in [3.05, 3.63) is 78.0 Å². The number of aromatic amines is 1. The van der Waals surface area contributed by atoms with Crippen molar-refractivity contribution >= 4 is 29.7 Å². The molecule has 4 aromatic rings. The van der Waals surface area contributed by atoms with Crippen LogP contribution in [0.25, 0.3) is 11.3 Å². The lowest BCUT2D eigenvalue weighted by Crippen LogP contribution is -1.99. The fourth-order valence-corrected chi connectivity index (χ4v) is 4.02. The van der Waals surface area contributed by atoms with E-state index in [1.165, 1.54) is 24.6 Å². The average Bonchev–Trinajstić information content (AvgIpc) is 3.53. The predicted octanol–water partition coefficient (Wildman–Crippen LogP) is 5.45. The van der Waals surface area contributed by atoms with Gasteiger partial charge in [-0.2, -0.15) is 5.10 Å². The number of rotatable bonds is 7. The Morgan fingerprint density at radius 1 is 0.967 bits per heavy atom. The number of hydrogen-bond acceptors (Lipinski definition) is 6. The Balaban J connectivity index is 1.48. The average molecular weight is 414 g/mol. The summed E-state index contributed by atoms with van der Waals surface area (Å²) in [6.45, 7) is 0. The van der Waals surface area contributed by atoms with E-state index in [1.54, 1.807) is 6.07 Å². The first kappa shape index (κ1) is 18.6. The molecule has 0 atom stereocenters. The summed E-state index contributed by atoms with van der Waals surface area (Å²) < 4.78 is 0. The predicted molar refractivity (Wildman–Crippen MR) is 117 cm³/mol. The van der Waals surface area contributed by atoms with Crippen LogP contribution < -0.4 is 5.32 Å². The number of nitrogens with zero attached hydrogens (tertiary/aromatic N) is 3. The number of H-pyrrole nitrogens is 1. The van der Waals surface area contributed by atoms with Crippen molar-refractivity contribution in [2.24, 2.45) is 0 Å². The number of aldehydes is 1. The molecule has 1 aliphatic carbocycles. The highest BCUT2D eigenvalue weighted by atomic mass is 32.2. The SMILES string of the molecule is O=Cc1cccc(Sc2nc(Nc3cc(C4CC4)[nH]n3)cc(-c3ccccc3)n2)c1. The van der Waals surface area contributed by atoms with Crippen molar-refractivity contribution in [3.8, 4) is 11.3 Å². The summed E-state index contributed by atoms with van der Waals surface area (Å²) >= 11 is 1.42. The third-order valence-corrected chi connectivity index (χ3v) is 5.70. The smallest absolute Gasteiger partial charge is 0.194 e. The Morgan fingerprint density at radius 2 is 1.83 bits per heavy atom. The third-order valence-electron chi connectivity index (χ3n) is 4.85. The van der Waals surface area contributed by atoms with Gasteiger partial charge in [0.05, 0.1) is 5.69 Å². The summed E-state index contributed by atoms with van der Waals surface area (Å²) in [5, 5.41) is 11.4. The normalized spacial score (nSPS) is 13.2. The van der Waals surface area contributed by atoms with E-state index in [9.17, 15) is 4.79 Å². The third kappa shape index (κ3) is 4.26. The minimum atomic E-state index is 0.597. The summed E-state index contributed by atoms with van der Waals surface area (Å²) in [7, 11) is 0. The van der Waals surface area contributed by atoms with Gasteiger partial charge in [0.1, 0.15) is 12.1 Å². The lowest BCUT2D eigenvalue weighted by molar-refractivity contribution is 0.112. The number of benzene rings is 2. The van der Waals surface area contributed by atoms with Gasteiger partial charge in [-0.25, -0.2) is 9.97 Å². The van der Waals surface area contributed by atoms with Crippen LogP contribution in [-0.4, -0.2) is 26.5 Å². The molecule has 1 aliphatic rings. The van der Waals surface area contributed by atoms with Gasteiger partial charge in [-0.1, -0.05) is 42.5 Å². The van der Waals surface area contributed by atoms with Crippen LogP contribution in [0.4, 0.5) is 11.6 Å². The van der Waals surface area contributed by atoms with Crippen molar-refractivity contribution in [3.63, 3.8) is 0 Å². The Labute approximate surface area is 178 Å². The van der Waals surface area contributed by atoms with Gasteiger partial charge in [-0.05, 0) is 36.7 Å². The fourth-order valence-electron chi connectivity index (χ4n) is 3.18. The zero-order chi connectivity index (χ0) is 20.3. The van der Waals surface area contributed by atoms with Gasteiger partial charge in [0.25, 0.3) is 0 Å². The summed E-state index contributed by atoms with van der Waals surface area (Å²) in [4.78, 5) is 21.4. The minimum absolute atomic E-state index is 0.597. The largest absolute Gasteiger partial charge is 0.323 e. The van der Waals surface area contributed by atoms with Crippen LogP contribution in [0.2, 0.25) is 0 Å². The van der Waals surface area contributed by atoms with E-state index in [1.807, 2.05) is 60.7 Å². The number of carbonyl (C=O) groups is 1. The molecule has 7 heteroatoms. The fraction of sp³-hybridized carbons (Fsp3) is 0.130. The van der Waals surface area contributed by atoms with Crippen LogP contribution >= 0.6 is 11.8 Å². The molecule has 2 aromatic heterocycles. The molecule has 0 aliphatic heterocycles. The van der Waals surface area contributed by atoms with Crippen molar-refractivity contribution in [2.45, 2.75) is 28.8 Å². The molecule has 0 unspecified atom stereocenters. The quantitative estimate of drug-likeness (QED) is 0.310. The Hall–Kier alpha value is -3.45. The molecule has 0 radical (unpaired) electrons. The minimum Gasteiger partial charge on any atom is -0.323 e. The highest BCUT2D eigenvalue weighted by molar-refractivity contribution is 7.99. The van der Waals surface area contributed by atoms with Crippen molar-refractivity contribution in [1.29, 1.82) is 0 Å². The second kappa shape index (κ2) is 8.12. The van der Waals surface area contributed by atoms with Gasteiger partial charge in [-0.3, -0.25) is 9.89 Å². The van der Waals surface area contributed by atoms with E-state index in [2.05, 4.69) is 20.5 Å². The lowest BCUT2D eigenvalue weighted by Gasteiger charge is -2.09. The monoisotopic (exact) mass is 413 g/mol.